The van der Waals surface area contributed by atoms with Crippen LogP contribution in [0.4, 0.5) is 0 Å². The summed E-state index contributed by atoms with van der Waals surface area (Å²) in [6.45, 7) is 2.26. The van der Waals surface area contributed by atoms with Gasteiger partial charge in [-0.3, -0.25) is 0 Å². The second-order valence-electron chi connectivity index (χ2n) is 3.71. The minimum Gasteiger partial charge on any atom is -0.381 e. The van der Waals surface area contributed by atoms with Gasteiger partial charge in [0.1, 0.15) is 0 Å². The molecule has 0 radical (unpaired) electrons. The van der Waals surface area contributed by atoms with Crippen LogP contribution in [0.1, 0.15) is 18.9 Å². The molecule has 0 aromatic heterocycles. The van der Waals surface area contributed by atoms with Crippen LogP contribution in [0, 0.1) is 0 Å². The molecule has 0 bridgehead atoms. The quantitative estimate of drug-likeness (QED) is 0.648. The van der Waals surface area contributed by atoms with Gasteiger partial charge in [0.15, 0.2) is 0 Å². The van der Waals surface area contributed by atoms with Gasteiger partial charge in [-0.15, -0.1) is 0 Å². The lowest BCUT2D eigenvalue weighted by atomic mass is 9.98. The monoisotopic (exact) mass is 162 g/mol. The van der Waals surface area contributed by atoms with Crippen LogP contribution in [0.2, 0.25) is 0 Å². The van der Waals surface area contributed by atoms with Crippen LogP contribution in [-0.2, 0) is 10.2 Å². The number of hydrogen-bond acceptors (Lipinski definition) is 1. The highest BCUT2D eigenvalue weighted by Gasteiger charge is 2.51. The van der Waals surface area contributed by atoms with Gasteiger partial charge in [0, 0.05) is 12.5 Å². The van der Waals surface area contributed by atoms with Gasteiger partial charge in [0.25, 0.3) is 0 Å². The van der Waals surface area contributed by atoms with Crippen molar-refractivity contribution in [3.05, 3.63) is 35.9 Å². The summed E-state index contributed by atoms with van der Waals surface area (Å²) in [5, 5.41) is 0. The number of hydrogen-bond donors (Lipinski definition) is 0. The van der Waals surface area contributed by atoms with E-state index in [0.717, 1.165) is 6.42 Å². The van der Waals surface area contributed by atoms with Crippen molar-refractivity contribution in [2.45, 2.75) is 24.9 Å². The van der Waals surface area contributed by atoms with Crippen molar-refractivity contribution >= 4 is 0 Å². The van der Waals surface area contributed by atoms with E-state index in [0.29, 0.717) is 6.10 Å². The third kappa shape index (κ3) is 1.05. The highest BCUT2D eigenvalue weighted by molar-refractivity contribution is 5.33. The molecule has 0 spiro atoms. The fraction of sp³-hybridized carbons (Fsp3) is 0.455. The standard InChI is InChI=1S/C11H14O/c1-11(8-10(11)12-2)9-6-4-3-5-7-9/h3-7,10H,8H2,1-2H3/t10-,11-/m1/s1. The molecule has 0 unspecified atom stereocenters. The molecule has 1 aliphatic rings. The molecule has 0 saturated heterocycles. The maximum atomic E-state index is 5.33. The van der Waals surface area contributed by atoms with Crippen LogP contribution >= 0.6 is 0 Å². The molecule has 0 amide bonds. The summed E-state index contributed by atoms with van der Waals surface area (Å²) in [6.07, 6.45) is 1.59. The highest BCUT2D eigenvalue weighted by atomic mass is 16.5. The van der Waals surface area contributed by atoms with E-state index < -0.39 is 0 Å². The van der Waals surface area contributed by atoms with Crippen LogP contribution in [0.15, 0.2) is 30.3 Å². The molecular weight excluding hydrogens is 148 g/mol. The molecule has 64 valence electrons. The van der Waals surface area contributed by atoms with Gasteiger partial charge in [-0.05, 0) is 12.0 Å². The van der Waals surface area contributed by atoms with Crippen LogP contribution in [0.5, 0.6) is 0 Å². The minimum absolute atomic E-state index is 0.288. The first-order valence-corrected chi connectivity index (χ1v) is 4.36. The number of benzene rings is 1. The Balaban J connectivity index is 2.23. The van der Waals surface area contributed by atoms with Crippen molar-refractivity contribution < 1.29 is 4.74 Å². The topological polar surface area (TPSA) is 9.23 Å². The normalized spacial score (nSPS) is 33.3. The molecule has 1 fully saturated rings. The zero-order valence-corrected chi connectivity index (χ0v) is 7.58. The van der Waals surface area contributed by atoms with E-state index in [1.54, 1.807) is 7.11 Å². The Morgan fingerprint density at radius 3 is 2.50 bits per heavy atom. The van der Waals surface area contributed by atoms with E-state index in [-0.39, 0.29) is 5.41 Å². The first-order valence-electron chi connectivity index (χ1n) is 4.36. The first-order chi connectivity index (χ1) is 5.77. The van der Waals surface area contributed by atoms with Crippen LogP contribution < -0.4 is 0 Å². The zero-order chi connectivity index (χ0) is 8.60. The predicted octanol–water partition coefficient (Wildman–Crippen LogP) is 2.36. The Bertz CT molecular complexity index is 268. The second kappa shape index (κ2) is 2.60. The summed E-state index contributed by atoms with van der Waals surface area (Å²) < 4.78 is 5.33. The van der Waals surface area contributed by atoms with Crippen molar-refractivity contribution in [1.29, 1.82) is 0 Å². The SMILES string of the molecule is CO[C@@H]1C[C@]1(C)c1ccccc1. The first kappa shape index (κ1) is 7.81. The van der Waals surface area contributed by atoms with E-state index in [1.807, 2.05) is 0 Å². The smallest absolute Gasteiger partial charge is 0.0675 e. The Labute approximate surface area is 73.4 Å². The molecule has 12 heavy (non-hydrogen) atoms. The van der Waals surface area contributed by atoms with Crippen molar-refractivity contribution in [3.8, 4) is 0 Å². The van der Waals surface area contributed by atoms with Crippen LogP contribution in [0.3, 0.4) is 0 Å². The van der Waals surface area contributed by atoms with Crippen molar-refractivity contribution in [1.82, 2.24) is 0 Å². The van der Waals surface area contributed by atoms with Crippen molar-refractivity contribution in [3.63, 3.8) is 0 Å². The molecule has 1 nitrogen and oxygen atoms in total. The molecule has 0 aliphatic heterocycles. The van der Waals surface area contributed by atoms with Gasteiger partial charge in [0.2, 0.25) is 0 Å². The molecule has 0 heterocycles. The maximum Gasteiger partial charge on any atom is 0.0675 e. The number of ether oxygens (including phenoxy) is 1. The van der Waals surface area contributed by atoms with E-state index >= 15 is 0 Å². The molecule has 1 aliphatic carbocycles. The van der Waals surface area contributed by atoms with Gasteiger partial charge in [-0.2, -0.15) is 0 Å². The number of rotatable bonds is 2. The summed E-state index contributed by atoms with van der Waals surface area (Å²) >= 11 is 0. The van der Waals surface area contributed by atoms with Gasteiger partial charge in [-0.25, -0.2) is 0 Å². The van der Waals surface area contributed by atoms with Gasteiger partial charge in [-0.1, -0.05) is 37.3 Å². The molecule has 1 aromatic carbocycles. The molecule has 2 rings (SSSR count). The summed E-state index contributed by atoms with van der Waals surface area (Å²) in [7, 11) is 1.79. The molecule has 1 saturated carbocycles. The Morgan fingerprint density at radius 2 is 2.00 bits per heavy atom. The fourth-order valence-corrected chi connectivity index (χ4v) is 1.79. The Hall–Kier alpha value is -0.820. The van der Waals surface area contributed by atoms with Crippen LogP contribution in [0.25, 0.3) is 0 Å². The number of methoxy groups -OCH3 is 1. The van der Waals surface area contributed by atoms with Crippen molar-refractivity contribution in [2.75, 3.05) is 7.11 Å². The maximum absolute atomic E-state index is 5.33. The van der Waals surface area contributed by atoms with Gasteiger partial charge in [0.05, 0.1) is 6.10 Å². The average Bonchev–Trinajstić information content (AvgIpc) is 2.81. The predicted molar refractivity (Wildman–Crippen MR) is 49.2 cm³/mol. The average molecular weight is 162 g/mol. The Morgan fingerprint density at radius 1 is 1.33 bits per heavy atom. The third-order valence-electron chi connectivity index (χ3n) is 2.88. The van der Waals surface area contributed by atoms with E-state index in [4.69, 9.17) is 4.74 Å². The van der Waals surface area contributed by atoms with Gasteiger partial charge >= 0.3 is 0 Å². The largest absolute Gasteiger partial charge is 0.381 e. The molecule has 1 aromatic rings. The van der Waals surface area contributed by atoms with Crippen LogP contribution in [-0.4, -0.2) is 13.2 Å². The summed E-state index contributed by atoms with van der Waals surface area (Å²) in [5.74, 6) is 0. The van der Waals surface area contributed by atoms with E-state index in [1.165, 1.54) is 5.56 Å². The van der Waals surface area contributed by atoms with Crippen molar-refractivity contribution in [2.24, 2.45) is 0 Å². The third-order valence-corrected chi connectivity index (χ3v) is 2.88. The minimum atomic E-state index is 0.288. The lowest BCUT2D eigenvalue weighted by molar-refractivity contribution is 0.164. The lowest BCUT2D eigenvalue weighted by Crippen LogP contribution is -2.08. The van der Waals surface area contributed by atoms with E-state index in [9.17, 15) is 0 Å². The fourth-order valence-electron chi connectivity index (χ4n) is 1.79. The molecular formula is C11H14O. The second-order valence-corrected chi connectivity index (χ2v) is 3.71. The highest BCUT2D eigenvalue weighted by Crippen LogP contribution is 2.49. The Kier molecular flexibility index (Phi) is 1.69. The lowest BCUT2D eigenvalue weighted by Gasteiger charge is -2.09. The molecule has 0 N–H and O–H groups in total. The summed E-state index contributed by atoms with van der Waals surface area (Å²) in [6, 6.07) is 10.6. The zero-order valence-electron chi connectivity index (χ0n) is 7.58. The van der Waals surface area contributed by atoms with E-state index in [2.05, 4.69) is 37.3 Å². The summed E-state index contributed by atoms with van der Waals surface area (Å²) in [5.41, 5.74) is 1.69. The summed E-state index contributed by atoms with van der Waals surface area (Å²) in [4.78, 5) is 0. The molecule has 2 atom stereocenters. The van der Waals surface area contributed by atoms with Gasteiger partial charge < -0.3 is 4.74 Å². The molecule has 1 heteroatoms.